The van der Waals surface area contributed by atoms with E-state index in [1.807, 2.05) is 6.07 Å². The third-order valence-corrected chi connectivity index (χ3v) is 5.16. The fraction of sp³-hybridized carbons (Fsp3) is 0.600. The summed E-state index contributed by atoms with van der Waals surface area (Å²) in [5.74, 6) is 0.911. The third-order valence-electron chi connectivity index (χ3n) is 3.66. The standard InChI is InChI=1S/C15H23NS/c1-11-5-3-8-15(9-11)17-12(2)13-6-4-7-14(16)10-13/h4,6-7,10-12,15H,3,5,8-9,16H2,1-2H3. The Hall–Kier alpha value is -0.630. The lowest BCUT2D eigenvalue weighted by Gasteiger charge is -2.28. The highest BCUT2D eigenvalue weighted by atomic mass is 32.2. The SMILES string of the molecule is CC1CCCC(SC(C)c2cccc(N)c2)C1. The van der Waals surface area contributed by atoms with Gasteiger partial charge in [0.1, 0.15) is 0 Å². The van der Waals surface area contributed by atoms with Gasteiger partial charge in [0, 0.05) is 16.2 Å². The molecular weight excluding hydrogens is 226 g/mol. The largest absolute Gasteiger partial charge is 0.399 e. The second-order valence-electron chi connectivity index (χ2n) is 5.34. The molecule has 3 unspecified atom stereocenters. The molecule has 0 radical (unpaired) electrons. The molecule has 1 aliphatic carbocycles. The van der Waals surface area contributed by atoms with E-state index in [0.717, 1.165) is 16.9 Å². The normalized spacial score (nSPS) is 26.7. The number of benzene rings is 1. The first-order valence-electron chi connectivity index (χ1n) is 6.66. The Kier molecular flexibility index (Phi) is 4.38. The second kappa shape index (κ2) is 5.81. The zero-order valence-corrected chi connectivity index (χ0v) is 11.7. The van der Waals surface area contributed by atoms with Gasteiger partial charge in [-0.1, -0.05) is 31.9 Å². The van der Waals surface area contributed by atoms with Crippen LogP contribution in [0.25, 0.3) is 0 Å². The van der Waals surface area contributed by atoms with E-state index in [9.17, 15) is 0 Å². The van der Waals surface area contributed by atoms with Crippen LogP contribution >= 0.6 is 11.8 Å². The second-order valence-corrected chi connectivity index (χ2v) is 6.99. The van der Waals surface area contributed by atoms with Gasteiger partial charge in [-0.2, -0.15) is 11.8 Å². The van der Waals surface area contributed by atoms with Crippen LogP contribution in [0.1, 0.15) is 50.3 Å². The predicted molar refractivity (Wildman–Crippen MR) is 78.3 cm³/mol. The molecule has 0 bridgehead atoms. The number of hydrogen-bond acceptors (Lipinski definition) is 2. The van der Waals surface area contributed by atoms with Gasteiger partial charge in [-0.25, -0.2) is 0 Å². The Balaban J connectivity index is 1.94. The predicted octanol–water partition coefficient (Wildman–Crippen LogP) is 4.64. The van der Waals surface area contributed by atoms with Gasteiger partial charge in [0.25, 0.3) is 0 Å². The van der Waals surface area contributed by atoms with E-state index in [1.165, 1.54) is 31.2 Å². The molecule has 2 rings (SSSR count). The van der Waals surface area contributed by atoms with E-state index in [0.29, 0.717) is 5.25 Å². The van der Waals surface area contributed by atoms with Gasteiger partial charge >= 0.3 is 0 Å². The molecule has 0 aromatic heterocycles. The molecule has 2 N–H and O–H groups in total. The van der Waals surface area contributed by atoms with Crippen LogP contribution in [0.4, 0.5) is 5.69 Å². The van der Waals surface area contributed by atoms with Crippen LogP contribution in [-0.2, 0) is 0 Å². The molecule has 0 aliphatic heterocycles. The minimum atomic E-state index is 0.564. The fourth-order valence-electron chi connectivity index (χ4n) is 2.68. The summed E-state index contributed by atoms with van der Waals surface area (Å²) in [5.41, 5.74) is 8.09. The van der Waals surface area contributed by atoms with Crippen LogP contribution in [0.5, 0.6) is 0 Å². The lowest BCUT2D eigenvalue weighted by molar-refractivity contribution is 0.394. The van der Waals surface area contributed by atoms with E-state index in [2.05, 4.69) is 43.8 Å². The van der Waals surface area contributed by atoms with Crippen LogP contribution in [0.3, 0.4) is 0 Å². The summed E-state index contributed by atoms with van der Waals surface area (Å²) >= 11 is 2.13. The quantitative estimate of drug-likeness (QED) is 0.790. The Morgan fingerprint density at radius 2 is 2.18 bits per heavy atom. The highest BCUT2D eigenvalue weighted by Crippen LogP contribution is 2.40. The van der Waals surface area contributed by atoms with Crippen molar-refractivity contribution in [3.63, 3.8) is 0 Å². The molecule has 0 spiro atoms. The summed E-state index contributed by atoms with van der Waals surface area (Å²) < 4.78 is 0. The first-order valence-corrected chi connectivity index (χ1v) is 7.60. The summed E-state index contributed by atoms with van der Waals surface area (Å²) in [6.07, 6.45) is 5.60. The van der Waals surface area contributed by atoms with Crippen molar-refractivity contribution in [1.82, 2.24) is 0 Å². The van der Waals surface area contributed by atoms with Crippen molar-refractivity contribution in [1.29, 1.82) is 0 Å². The molecule has 2 heteroatoms. The van der Waals surface area contributed by atoms with E-state index in [1.54, 1.807) is 0 Å². The zero-order chi connectivity index (χ0) is 12.3. The van der Waals surface area contributed by atoms with Gasteiger partial charge in [-0.15, -0.1) is 0 Å². The Labute approximate surface area is 109 Å². The molecule has 0 amide bonds. The molecule has 17 heavy (non-hydrogen) atoms. The monoisotopic (exact) mass is 249 g/mol. The maximum atomic E-state index is 5.84. The summed E-state index contributed by atoms with van der Waals surface area (Å²) in [6, 6.07) is 8.33. The number of anilines is 1. The van der Waals surface area contributed by atoms with E-state index in [4.69, 9.17) is 5.73 Å². The van der Waals surface area contributed by atoms with Gasteiger partial charge in [0.15, 0.2) is 0 Å². The van der Waals surface area contributed by atoms with E-state index in [-0.39, 0.29) is 0 Å². The smallest absolute Gasteiger partial charge is 0.0317 e. The maximum Gasteiger partial charge on any atom is 0.0317 e. The average molecular weight is 249 g/mol. The Morgan fingerprint density at radius 3 is 2.88 bits per heavy atom. The number of rotatable bonds is 3. The summed E-state index contributed by atoms with van der Waals surface area (Å²) in [4.78, 5) is 0. The number of thioether (sulfide) groups is 1. The first kappa shape index (κ1) is 12.8. The van der Waals surface area contributed by atoms with Crippen molar-refractivity contribution in [2.75, 3.05) is 5.73 Å². The summed E-state index contributed by atoms with van der Waals surface area (Å²) in [5, 5.41) is 1.41. The van der Waals surface area contributed by atoms with Crippen LogP contribution in [-0.4, -0.2) is 5.25 Å². The van der Waals surface area contributed by atoms with Gasteiger partial charge in [-0.3, -0.25) is 0 Å². The number of nitrogens with two attached hydrogens (primary N) is 1. The molecule has 0 saturated heterocycles. The molecular formula is C15H23NS. The highest BCUT2D eigenvalue weighted by molar-refractivity contribution is 8.00. The average Bonchev–Trinajstić information content (AvgIpc) is 2.29. The van der Waals surface area contributed by atoms with Gasteiger partial charge in [0.05, 0.1) is 0 Å². The Morgan fingerprint density at radius 1 is 1.35 bits per heavy atom. The molecule has 0 heterocycles. The van der Waals surface area contributed by atoms with Gasteiger partial charge < -0.3 is 5.73 Å². The maximum absolute atomic E-state index is 5.84. The molecule has 1 nitrogen and oxygen atoms in total. The van der Waals surface area contributed by atoms with Crippen LogP contribution in [0, 0.1) is 5.92 Å². The van der Waals surface area contributed by atoms with Crippen molar-refractivity contribution < 1.29 is 0 Å². The minimum absolute atomic E-state index is 0.564. The molecule has 1 aromatic rings. The van der Waals surface area contributed by atoms with Crippen LogP contribution in [0.15, 0.2) is 24.3 Å². The minimum Gasteiger partial charge on any atom is -0.399 e. The lowest BCUT2D eigenvalue weighted by Crippen LogP contribution is -2.16. The zero-order valence-electron chi connectivity index (χ0n) is 10.9. The number of hydrogen-bond donors (Lipinski definition) is 1. The first-order chi connectivity index (χ1) is 8.15. The molecule has 1 saturated carbocycles. The van der Waals surface area contributed by atoms with Gasteiger partial charge in [-0.05, 0) is 43.4 Å². The molecule has 1 fully saturated rings. The van der Waals surface area contributed by atoms with E-state index < -0.39 is 0 Å². The molecule has 1 aliphatic rings. The van der Waals surface area contributed by atoms with Crippen LogP contribution < -0.4 is 5.73 Å². The van der Waals surface area contributed by atoms with Gasteiger partial charge in [0.2, 0.25) is 0 Å². The van der Waals surface area contributed by atoms with Crippen molar-refractivity contribution >= 4 is 17.4 Å². The van der Waals surface area contributed by atoms with Crippen LogP contribution in [0.2, 0.25) is 0 Å². The Bertz CT molecular complexity index is 364. The highest BCUT2D eigenvalue weighted by Gasteiger charge is 2.21. The molecule has 94 valence electrons. The van der Waals surface area contributed by atoms with E-state index >= 15 is 0 Å². The van der Waals surface area contributed by atoms with Crippen molar-refractivity contribution in [2.45, 2.75) is 50.0 Å². The molecule has 3 atom stereocenters. The van der Waals surface area contributed by atoms with Crippen molar-refractivity contribution in [2.24, 2.45) is 5.92 Å². The molecule has 1 aromatic carbocycles. The fourth-order valence-corrected chi connectivity index (χ4v) is 4.30. The van der Waals surface area contributed by atoms with Crippen molar-refractivity contribution in [3.8, 4) is 0 Å². The summed E-state index contributed by atoms with van der Waals surface area (Å²) in [7, 11) is 0. The topological polar surface area (TPSA) is 26.0 Å². The lowest BCUT2D eigenvalue weighted by atomic mass is 9.91. The van der Waals surface area contributed by atoms with Crippen molar-refractivity contribution in [3.05, 3.63) is 29.8 Å². The third kappa shape index (κ3) is 3.67. The number of nitrogen functional groups attached to an aromatic ring is 1. The summed E-state index contributed by atoms with van der Waals surface area (Å²) in [6.45, 7) is 4.69.